The van der Waals surface area contributed by atoms with Gasteiger partial charge in [-0.1, -0.05) is 30.7 Å². The Labute approximate surface area is 162 Å². The number of nitrogens with zero attached hydrogens (tertiary/aromatic N) is 3. The van der Waals surface area contributed by atoms with Crippen LogP contribution in [0.2, 0.25) is 5.02 Å². The van der Waals surface area contributed by atoms with Gasteiger partial charge in [0.1, 0.15) is 0 Å². The third kappa shape index (κ3) is 4.31. The molecule has 3 rings (SSSR count). The van der Waals surface area contributed by atoms with Gasteiger partial charge in [0.05, 0.1) is 17.3 Å². The SMILES string of the molecule is CCN(CC(=O)O)C1CC(NC(=O)c2cc(C)n(-c3ccccc3Cl)n2)C1. The van der Waals surface area contributed by atoms with Crippen LogP contribution < -0.4 is 5.32 Å². The average Bonchev–Trinajstić information content (AvgIpc) is 2.98. The van der Waals surface area contributed by atoms with Crippen molar-refractivity contribution in [2.24, 2.45) is 0 Å². The number of aromatic nitrogens is 2. The molecule has 8 heteroatoms. The van der Waals surface area contributed by atoms with Gasteiger partial charge in [-0.25, -0.2) is 4.68 Å². The summed E-state index contributed by atoms with van der Waals surface area (Å²) in [4.78, 5) is 25.3. The maximum absolute atomic E-state index is 12.5. The number of carbonyl (C=O) groups is 2. The second kappa shape index (κ2) is 8.10. The molecule has 1 saturated carbocycles. The van der Waals surface area contributed by atoms with E-state index in [9.17, 15) is 9.59 Å². The Morgan fingerprint density at radius 1 is 1.37 bits per heavy atom. The molecule has 0 bridgehead atoms. The highest BCUT2D eigenvalue weighted by Crippen LogP contribution is 2.26. The van der Waals surface area contributed by atoms with Gasteiger partial charge in [0, 0.05) is 17.8 Å². The maximum atomic E-state index is 12.5. The molecule has 0 unspecified atom stereocenters. The molecule has 1 aliphatic carbocycles. The molecule has 2 N–H and O–H groups in total. The molecule has 1 heterocycles. The largest absolute Gasteiger partial charge is 0.480 e. The lowest BCUT2D eigenvalue weighted by Crippen LogP contribution is -2.54. The molecule has 1 fully saturated rings. The summed E-state index contributed by atoms with van der Waals surface area (Å²) in [7, 11) is 0. The molecule has 144 valence electrons. The number of rotatable bonds is 7. The van der Waals surface area contributed by atoms with Crippen molar-refractivity contribution >= 4 is 23.5 Å². The molecule has 0 saturated heterocycles. The Morgan fingerprint density at radius 3 is 2.70 bits per heavy atom. The van der Waals surface area contributed by atoms with Crippen LogP contribution in [-0.2, 0) is 4.79 Å². The fourth-order valence-corrected chi connectivity index (χ4v) is 3.60. The first-order valence-electron chi connectivity index (χ1n) is 8.97. The van der Waals surface area contributed by atoms with Crippen molar-refractivity contribution in [2.45, 2.75) is 38.8 Å². The van der Waals surface area contributed by atoms with Gasteiger partial charge in [-0.3, -0.25) is 14.5 Å². The van der Waals surface area contributed by atoms with E-state index in [1.165, 1.54) is 0 Å². The molecule has 7 nitrogen and oxygen atoms in total. The maximum Gasteiger partial charge on any atom is 0.317 e. The highest BCUT2D eigenvalue weighted by molar-refractivity contribution is 6.32. The first kappa shape index (κ1) is 19.4. The number of amides is 1. The van der Waals surface area contributed by atoms with E-state index in [0.717, 1.165) is 24.2 Å². The summed E-state index contributed by atoms with van der Waals surface area (Å²) >= 11 is 6.22. The Bertz CT molecular complexity index is 845. The van der Waals surface area contributed by atoms with E-state index in [4.69, 9.17) is 16.7 Å². The van der Waals surface area contributed by atoms with Crippen molar-refractivity contribution in [3.63, 3.8) is 0 Å². The van der Waals surface area contributed by atoms with Crippen LogP contribution in [0.25, 0.3) is 5.69 Å². The minimum Gasteiger partial charge on any atom is -0.480 e. The molecule has 1 aliphatic rings. The molecular weight excluding hydrogens is 368 g/mol. The standard InChI is InChI=1S/C19H23ClN4O3/c1-3-23(11-18(25)26)14-9-13(10-14)21-19(27)16-8-12(2)24(22-16)17-7-5-4-6-15(17)20/h4-8,13-14H,3,9-11H2,1-2H3,(H,21,27)(H,25,26). The number of hydrogen-bond donors (Lipinski definition) is 2. The summed E-state index contributed by atoms with van der Waals surface area (Å²) in [5.41, 5.74) is 1.89. The number of aliphatic carboxylic acids is 1. The fraction of sp³-hybridized carbons (Fsp3) is 0.421. The van der Waals surface area contributed by atoms with Crippen LogP contribution in [0.3, 0.4) is 0 Å². The summed E-state index contributed by atoms with van der Waals surface area (Å²) in [5.74, 6) is -1.06. The molecule has 1 aromatic heterocycles. The lowest BCUT2D eigenvalue weighted by molar-refractivity contribution is -0.139. The average molecular weight is 391 g/mol. The van der Waals surface area contributed by atoms with Crippen molar-refractivity contribution < 1.29 is 14.7 Å². The predicted octanol–water partition coefficient (Wildman–Crippen LogP) is 2.50. The highest BCUT2D eigenvalue weighted by Gasteiger charge is 2.35. The van der Waals surface area contributed by atoms with Crippen LogP contribution in [0.1, 0.15) is 35.9 Å². The number of hydrogen-bond acceptors (Lipinski definition) is 4. The molecule has 1 aromatic carbocycles. The number of carboxylic acid groups (broad SMARTS) is 1. The zero-order valence-electron chi connectivity index (χ0n) is 15.4. The summed E-state index contributed by atoms with van der Waals surface area (Å²) < 4.78 is 1.66. The Kier molecular flexibility index (Phi) is 5.82. The van der Waals surface area contributed by atoms with Crippen molar-refractivity contribution in [2.75, 3.05) is 13.1 Å². The van der Waals surface area contributed by atoms with E-state index in [-0.39, 0.29) is 24.5 Å². The molecule has 0 aliphatic heterocycles. The molecule has 0 atom stereocenters. The molecule has 27 heavy (non-hydrogen) atoms. The topological polar surface area (TPSA) is 87.5 Å². The smallest absolute Gasteiger partial charge is 0.317 e. The van der Waals surface area contributed by atoms with Gasteiger partial charge in [0.15, 0.2) is 5.69 Å². The number of carbonyl (C=O) groups excluding carboxylic acids is 1. The highest BCUT2D eigenvalue weighted by atomic mass is 35.5. The summed E-state index contributed by atoms with van der Waals surface area (Å²) in [6, 6.07) is 9.31. The zero-order valence-corrected chi connectivity index (χ0v) is 16.1. The van der Waals surface area contributed by atoms with E-state index >= 15 is 0 Å². The molecule has 0 spiro atoms. The summed E-state index contributed by atoms with van der Waals surface area (Å²) in [6.45, 7) is 4.53. The number of carboxylic acids is 1. The number of aryl methyl sites for hydroxylation is 1. The van der Waals surface area contributed by atoms with Gasteiger partial charge < -0.3 is 10.4 Å². The second-order valence-electron chi connectivity index (χ2n) is 6.79. The Balaban J connectivity index is 1.61. The van der Waals surface area contributed by atoms with Gasteiger partial charge in [0.2, 0.25) is 0 Å². The van der Waals surface area contributed by atoms with Gasteiger partial charge in [-0.2, -0.15) is 5.10 Å². The lowest BCUT2D eigenvalue weighted by Gasteiger charge is -2.42. The normalized spacial score (nSPS) is 19.0. The van der Waals surface area contributed by atoms with E-state index < -0.39 is 5.97 Å². The van der Waals surface area contributed by atoms with E-state index in [2.05, 4.69) is 10.4 Å². The van der Waals surface area contributed by atoms with Gasteiger partial charge >= 0.3 is 5.97 Å². The van der Waals surface area contributed by atoms with Crippen molar-refractivity contribution in [1.82, 2.24) is 20.0 Å². The van der Waals surface area contributed by atoms with Crippen molar-refractivity contribution in [3.8, 4) is 5.69 Å². The second-order valence-corrected chi connectivity index (χ2v) is 7.19. The predicted molar refractivity (Wildman–Crippen MR) is 102 cm³/mol. The first-order chi connectivity index (χ1) is 12.9. The summed E-state index contributed by atoms with van der Waals surface area (Å²) in [6.07, 6.45) is 1.49. The minimum atomic E-state index is -0.829. The third-order valence-electron chi connectivity index (χ3n) is 4.91. The van der Waals surface area contributed by atoms with Crippen molar-refractivity contribution in [1.29, 1.82) is 0 Å². The number of benzene rings is 1. The van der Waals surface area contributed by atoms with Gasteiger partial charge in [0.25, 0.3) is 5.91 Å². The van der Waals surface area contributed by atoms with Gasteiger partial charge in [-0.05, 0) is 44.5 Å². The molecule has 2 aromatic rings. The van der Waals surface area contributed by atoms with Crippen LogP contribution in [0, 0.1) is 6.92 Å². The fourth-order valence-electron chi connectivity index (χ4n) is 3.39. The summed E-state index contributed by atoms with van der Waals surface area (Å²) in [5, 5.41) is 16.9. The molecule has 1 amide bonds. The molecule has 0 radical (unpaired) electrons. The van der Waals surface area contributed by atoms with E-state index in [1.54, 1.807) is 16.8 Å². The number of likely N-dealkylation sites (N-methyl/N-ethyl adjacent to an activating group) is 1. The number of nitrogens with one attached hydrogen (secondary N) is 1. The van der Waals surface area contributed by atoms with Crippen LogP contribution >= 0.6 is 11.6 Å². The number of para-hydroxylation sites is 1. The van der Waals surface area contributed by atoms with Crippen LogP contribution in [0.4, 0.5) is 0 Å². The lowest BCUT2D eigenvalue weighted by atomic mass is 9.85. The minimum absolute atomic E-state index is 0.0310. The van der Waals surface area contributed by atoms with Crippen LogP contribution in [0.5, 0.6) is 0 Å². The van der Waals surface area contributed by atoms with Crippen LogP contribution in [0.15, 0.2) is 30.3 Å². The quantitative estimate of drug-likeness (QED) is 0.758. The Morgan fingerprint density at radius 2 is 2.07 bits per heavy atom. The number of halogens is 1. The zero-order chi connectivity index (χ0) is 19.6. The first-order valence-corrected chi connectivity index (χ1v) is 9.35. The third-order valence-corrected chi connectivity index (χ3v) is 5.23. The van der Waals surface area contributed by atoms with Crippen molar-refractivity contribution in [3.05, 3.63) is 46.7 Å². The van der Waals surface area contributed by atoms with Crippen LogP contribution in [-0.4, -0.2) is 56.8 Å². The monoisotopic (exact) mass is 390 g/mol. The van der Waals surface area contributed by atoms with E-state index in [0.29, 0.717) is 17.3 Å². The van der Waals surface area contributed by atoms with E-state index in [1.807, 2.05) is 36.9 Å². The molecular formula is C19H23ClN4O3. The Hall–Kier alpha value is -2.38. The van der Waals surface area contributed by atoms with Gasteiger partial charge in [-0.15, -0.1) is 0 Å².